The van der Waals surface area contributed by atoms with E-state index in [9.17, 15) is 14.0 Å². The molecule has 0 fully saturated rings. The highest BCUT2D eigenvalue weighted by Gasteiger charge is 2.29. The molecule has 2 aromatic carbocycles. The van der Waals surface area contributed by atoms with Gasteiger partial charge in [0.15, 0.2) is 5.65 Å². The van der Waals surface area contributed by atoms with Crippen molar-refractivity contribution in [3.05, 3.63) is 88.5 Å². The van der Waals surface area contributed by atoms with Crippen LogP contribution in [0, 0.1) is 5.82 Å². The van der Waals surface area contributed by atoms with E-state index < -0.39 is 11.8 Å². The highest BCUT2D eigenvalue weighted by molar-refractivity contribution is 5.93. The Morgan fingerprint density at radius 2 is 1.94 bits per heavy atom. The van der Waals surface area contributed by atoms with Crippen LogP contribution in [0.2, 0.25) is 0 Å². The molecule has 0 saturated carbocycles. The summed E-state index contributed by atoms with van der Waals surface area (Å²) in [6.07, 6.45) is 1.39. The normalized spacial score (nSPS) is 15.4. The van der Waals surface area contributed by atoms with E-state index in [1.165, 1.54) is 17.7 Å². The molecule has 5 rings (SSSR count). The largest absolute Gasteiger partial charge is 0.478 e. The number of hydrogen-bond acceptors (Lipinski definition) is 4. The SMILES string of the molecule is CCc1cc(C(=O)N2CCc3ccccc3C2C)nc2cc(-c3ccc(C(=O)O)cc3F)nn12. The van der Waals surface area contributed by atoms with Crippen molar-refractivity contribution in [2.75, 3.05) is 6.54 Å². The summed E-state index contributed by atoms with van der Waals surface area (Å²) in [7, 11) is 0. The molecule has 4 aromatic rings. The number of carbonyl (C=O) groups is 2. The number of halogens is 1. The maximum atomic E-state index is 14.6. The molecule has 1 N–H and O–H groups in total. The summed E-state index contributed by atoms with van der Waals surface area (Å²) in [5, 5.41) is 13.6. The van der Waals surface area contributed by atoms with Gasteiger partial charge in [-0.2, -0.15) is 5.10 Å². The number of carboxylic acid groups (broad SMARTS) is 1. The molecule has 0 saturated heterocycles. The highest BCUT2D eigenvalue weighted by atomic mass is 19.1. The van der Waals surface area contributed by atoms with Gasteiger partial charge >= 0.3 is 5.97 Å². The zero-order valence-electron chi connectivity index (χ0n) is 18.8. The predicted molar refractivity (Wildman–Crippen MR) is 124 cm³/mol. The predicted octanol–water partition coefficient (Wildman–Crippen LogP) is 4.56. The zero-order chi connectivity index (χ0) is 24.0. The Bertz CT molecular complexity index is 1450. The standard InChI is InChI=1S/C26H23FN4O3/c1-3-18-13-23(25(32)30-11-10-16-6-4-5-7-19(16)15(30)2)28-24-14-22(29-31(18)24)20-9-8-17(26(33)34)12-21(20)27/h4-9,12-15H,3,10-11H2,1-2H3,(H,33,34). The first-order valence-corrected chi connectivity index (χ1v) is 11.2. The average molecular weight is 458 g/mol. The molecule has 7 nitrogen and oxygen atoms in total. The average Bonchev–Trinajstić information content (AvgIpc) is 3.27. The van der Waals surface area contributed by atoms with Gasteiger partial charge in [0.05, 0.1) is 17.3 Å². The number of hydrogen-bond donors (Lipinski definition) is 1. The molecule has 1 atom stereocenters. The fraction of sp³-hybridized carbons (Fsp3) is 0.231. The van der Waals surface area contributed by atoms with Crippen molar-refractivity contribution < 1.29 is 19.1 Å². The molecule has 0 aliphatic carbocycles. The second-order valence-corrected chi connectivity index (χ2v) is 8.41. The number of benzene rings is 2. The lowest BCUT2D eigenvalue weighted by atomic mass is 9.93. The summed E-state index contributed by atoms with van der Waals surface area (Å²) in [5.74, 6) is -2.04. The van der Waals surface area contributed by atoms with Gasteiger partial charge in [-0.25, -0.2) is 18.7 Å². The van der Waals surface area contributed by atoms with E-state index in [0.29, 0.717) is 30.0 Å². The van der Waals surface area contributed by atoms with Crippen LogP contribution in [0.4, 0.5) is 4.39 Å². The van der Waals surface area contributed by atoms with Gasteiger partial charge in [-0.3, -0.25) is 4.79 Å². The van der Waals surface area contributed by atoms with Gasteiger partial charge in [0.2, 0.25) is 0 Å². The third-order valence-electron chi connectivity index (χ3n) is 6.43. The summed E-state index contributed by atoms with van der Waals surface area (Å²) in [6, 6.07) is 15.1. The number of carboxylic acids is 1. The molecule has 0 radical (unpaired) electrons. The van der Waals surface area contributed by atoms with E-state index in [-0.39, 0.29) is 23.1 Å². The molecule has 172 valence electrons. The van der Waals surface area contributed by atoms with Gasteiger partial charge in [-0.05, 0) is 55.2 Å². The van der Waals surface area contributed by atoms with Crippen molar-refractivity contribution in [2.45, 2.75) is 32.7 Å². The minimum atomic E-state index is -1.20. The third-order valence-corrected chi connectivity index (χ3v) is 6.43. The minimum Gasteiger partial charge on any atom is -0.478 e. The van der Waals surface area contributed by atoms with E-state index in [0.717, 1.165) is 23.7 Å². The molecule has 34 heavy (non-hydrogen) atoms. The van der Waals surface area contributed by atoms with Crippen molar-refractivity contribution in [3.63, 3.8) is 0 Å². The summed E-state index contributed by atoms with van der Waals surface area (Å²) in [5.41, 5.74) is 4.29. The number of nitrogens with zero attached hydrogens (tertiary/aromatic N) is 4. The maximum Gasteiger partial charge on any atom is 0.335 e. The fourth-order valence-corrected chi connectivity index (χ4v) is 4.58. The second-order valence-electron chi connectivity index (χ2n) is 8.41. The second kappa shape index (κ2) is 8.37. The Labute approximate surface area is 195 Å². The first-order chi connectivity index (χ1) is 16.4. The van der Waals surface area contributed by atoms with Gasteiger partial charge in [0.1, 0.15) is 11.5 Å². The van der Waals surface area contributed by atoms with Crippen LogP contribution in [0.3, 0.4) is 0 Å². The first-order valence-electron chi connectivity index (χ1n) is 11.2. The lowest BCUT2D eigenvalue weighted by molar-refractivity contribution is 0.0668. The summed E-state index contributed by atoms with van der Waals surface area (Å²) >= 11 is 0. The van der Waals surface area contributed by atoms with Crippen molar-refractivity contribution in [2.24, 2.45) is 0 Å². The molecule has 0 bridgehead atoms. The Morgan fingerprint density at radius 1 is 1.15 bits per heavy atom. The summed E-state index contributed by atoms with van der Waals surface area (Å²) in [4.78, 5) is 31.0. The van der Waals surface area contributed by atoms with Crippen molar-refractivity contribution >= 4 is 17.5 Å². The molecule has 0 spiro atoms. The molecule has 1 unspecified atom stereocenters. The van der Waals surface area contributed by atoms with Crippen LogP contribution in [0.25, 0.3) is 16.9 Å². The van der Waals surface area contributed by atoms with Crippen molar-refractivity contribution in [1.82, 2.24) is 19.5 Å². The first kappa shape index (κ1) is 21.8. The van der Waals surface area contributed by atoms with Crippen molar-refractivity contribution in [1.29, 1.82) is 0 Å². The van der Waals surface area contributed by atoms with Crippen LogP contribution in [0.1, 0.15) is 57.6 Å². The smallest absolute Gasteiger partial charge is 0.335 e. The minimum absolute atomic E-state index is 0.0668. The lowest BCUT2D eigenvalue weighted by Crippen LogP contribution is -2.39. The fourth-order valence-electron chi connectivity index (χ4n) is 4.58. The van der Waals surface area contributed by atoms with Gasteiger partial charge in [-0.15, -0.1) is 0 Å². The van der Waals surface area contributed by atoms with Gasteiger partial charge in [-0.1, -0.05) is 31.2 Å². The van der Waals surface area contributed by atoms with Crippen LogP contribution >= 0.6 is 0 Å². The number of aryl methyl sites for hydroxylation is 1. The molecule has 3 heterocycles. The monoisotopic (exact) mass is 458 g/mol. The maximum absolute atomic E-state index is 14.6. The van der Waals surface area contributed by atoms with Gasteiger partial charge in [0, 0.05) is 23.9 Å². The van der Waals surface area contributed by atoms with Crippen molar-refractivity contribution in [3.8, 4) is 11.3 Å². The zero-order valence-corrected chi connectivity index (χ0v) is 18.8. The molecular formula is C26H23FN4O3. The molecule has 8 heteroatoms. The molecule has 1 aliphatic heterocycles. The van der Waals surface area contributed by atoms with Crippen LogP contribution in [-0.4, -0.2) is 43.0 Å². The topological polar surface area (TPSA) is 87.8 Å². The molecule has 2 aromatic heterocycles. The molecule has 1 amide bonds. The van der Waals surface area contributed by atoms with E-state index in [2.05, 4.69) is 22.2 Å². The van der Waals surface area contributed by atoms with Gasteiger partial charge < -0.3 is 10.0 Å². The molecular weight excluding hydrogens is 435 g/mol. The highest BCUT2D eigenvalue weighted by Crippen LogP contribution is 2.31. The number of amides is 1. The van der Waals surface area contributed by atoms with E-state index in [1.54, 1.807) is 16.6 Å². The Kier molecular flexibility index (Phi) is 5.36. The van der Waals surface area contributed by atoms with Gasteiger partial charge in [0.25, 0.3) is 5.91 Å². The Hall–Kier alpha value is -4.07. The summed E-state index contributed by atoms with van der Waals surface area (Å²) < 4.78 is 16.2. The van der Waals surface area contributed by atoms with E-state index >= 15 is 0 Å². The van der Waals surface area contributed by atoms with Crippen LogP contribution < -0.4 is 0 Å². The lowest BCUT2D eigenvalue weighted by Gasteiger charge is -2.35. The Morgan fingerprint density at radius 3 is 2.68 bits per heavy atom. The number of carbonyl (C=O) groups excluding carboxylic acids is 1. The Balaban J connectivity index is 1.53. The summed E-state index contributed by atoms with van der Waals surface area (Å²) in [6.45, 7) is 4.58. The quantitative estimate of drug-likeness (QED) is 0.485. The third kappa shape index (κ3) is 3.61. The molecule has 1 aliphatic rings. The van der Waals surface area contributed by atoms with Crippen LogP contribution in [0.5, 0.6) is 0 Å². The number of rotatable bonds is 4. The number of aromatic nitrogens is 3. The van der Waals surface area contributed by atoms with E-state index in [4.69, 9.17) is 5.11 Å². The van der Waals surface area contributed by atoms with E-state index in [1.807, 2.05) is 30.9 Å². The number of fused-ring (bicyclic) bond motifs is 2. The van der Waals surface area contributed by atoms with Crippen LogP contribution in [0.15, 0.2) is 54.6 Å². The van der Waals surface area contributed by atoms with Crippen LogP contribution in [-0.2, 0) is 12.8 Å². The number of aromatic carboxylic acids is 1.